The molecule has 19 heavy (non-hydrogen) atoms. The second kappa shape index (κ2) is 4.86. The summed E-state index contributed by atoms with van der Waals surface area (Å²) in [4.78, 5) is 6.31. The van der Waals surface area contributed by atoms with Crippen molar-refractivity contribution < 1.29 is 4.74 Å². The molecule has 2 aromatic heterocycles. The van der Waals surface area contributed by atoms with Gasteiger partial charge in [-0.2, -0.15) is 5.26 Å². The molecule has 0 amide bonds. The molecule has 1 atom stereocenters. The second-order valence-electron chi connectivity index (χ2n) is 4.70. The highest BCUT2D eigenvalue weighted by atomic mass is 16.5. The molecule has 2 aromatic rings. The van der Waals surface area contributed by atoms with Crippen molar-refractivity contribution in [3.63, 3.8) is 0 Å². The third-order valence-corrected chi connectivity index (χ3v) is 3.39. The summed E-state index contributed by atoms with van der Waals surface area (Å²) in [6, 6.07) is 4.47. The van der Waals surface area contributed by atoms with E-state index >= 15 is 0 Å². The predicted octanol–water partition coefficient (Wildman–Crippen LogP) is 1.02. The number of morpholine rings is 1. The van der Waals surface area contributed by atoms with Gasteiger partial charge in [0.05, 0.1) is 43.5 Å². The summed E-state index contributed by atoms with van der Waals surface area (Å²) in [6.45, 7) is 4.35. The van der Waals surface area contributed by atoms with Gasteiger partial charge >= 0.3 is 0 Å². The summed E-state index contributed by atoms with van der Waals surface area (Å²) in [5, 5.41) is 13.5. The highest BCUT2D eigenvalue weighted by Gasteiger charge is 2.21. The minimum atomic E-state index is 0.289. The van der Waals surface area contributed by atoms with E-state index in [2.05, 4.69) is 28.0 Å². The molecule has 1 fully saturated rings. The van der Waals surface area contributed by atoms with Crippen LogP contribution in [-0.4, -0.2) is 40.4 Å². The van der Waals surface area contributed by atoms with Crippen LogP contribution in [0.15, 0.2) is 18.6 Å². The van der Waals surface area contributed by atoms with E-state index in [4.69, 9.17) is 10.00 Å². The number of aromatic nitrogens is 3. The van der Waals surface area contributed by atoms with Gasteiger partial charge in [0.1, 0.15) is 12.1 Å². The first kappa shape index (κ1) is 11.9. The van der Waals surface area contributed by atoms with Crippen molar-refractivity contribution >= 4 is 11.3 Å². The highest BCUT2D eigenvalue weighted by Crippen LogP contribution is 2.21. The summed E-state index contributed by atoms with van der Waals surface area (Å²) in [5.74, 6) is 0.881. The van der Waals surface area contributed by atoms with Crippen LogP contribution in [0.25, 0.3) is 5.52 Å². The van der Waals surface area contributed by atoms with Crippen LogP contribution in [-0.2, 0) is 11.2 Å². The van der Waals surface area contributed by atoms with Crippen molar-refractivity contribution in [2.75, 3.05) is 24.7 Å². The Morgan fingerprint density at radius 3 is 3.26 bits per heavy atom. The van der Waals surface area contributed by atoms with Crippen molar-refractivity contribution in [1.29, 1.82) is 5.26 Å². The standard InChI is InChI=1S/C13H15N5O/c1-10-8-19-5-4-17(10)13-6-11(2-3-14)12-7-15-9-18(12)16-13/h6-7,9-10H,2,4-5,8H2,1H3/t10-/m1/s1. The van der Waals surface area contributed by atoms with Gasteiger partial charge in [0, 0.05) is 6.54 Å². The molecule has 1 aliphatic rings. The Balaban J connectivity index is 2.05. The number of nitriles is 1. The lowest BCUT2D eigenvalue weighted by molar-refractivity contribution is 0.0984. The Morgan fingerprint density at radius 2 is 2.47 bits per heavy atom. The zero-order valence-electron chi connectivity index (χ0n) is 10.8. The Kier molecular flexibility index (Phi) is 3.05. The molecule has 0 spiro atoms. The number of anilines is 1. The third kappa shape index (κ3) is 2.13. The van der Waals surface area contributed by atoms with Gasteiger partial charge in [-0.25, -0.2) is 9.50 Å². The molecule has 3 heterocycles. The zero-order valence-corrected chi connectivity index (χ0v) is 10.8. The number of fused-ring (bicyclic) bond motifs is 1. The molecule has 0 radical (unpaired) electrons. The van der Waals surface area contributed by atoms with Gasteiger partial charge in [-0.3, -0.25) is 0 Å². The number of rotatable bonds is 2. The van der Waals surface area contributed by atoms with E-state index in [0.29, 0.717) is 19.6 Å². The fourth-order valence-corrected chi connectivity index (χ4v) is 2.40. The molecule has 0 aliphatic carbocycles. The maximum Gasteiger partial charge on any atom is 0.150 e. The Morgan fingerprint density at radius 1 is 1.58 bits per heavy atom. The van der Waals surface area contributed by atoms with E-state index in [1.54, 1.807) is 17.0 Å². The predicted molar refractivity (Wildman–Crippen MR) is 69.9 cm³/mol. The van der Waals surface area contributed by atoms with Crippen LogP contribution in [0.3, 0.4) is 0 Å². The zero-order chi connectivity index (χ0) is 13.2. The first-order valence-corrected chi connectivity index (χ1v) is 6.33. The van der Waals surface area contributed by atoms with Gasteiger partial charge in [0.15, 0.2) is 0 Å². The Bertz CT molecular complexity index is 629. The Hall–Kier alpha value is -2.13. The van der Waals surface area contributed by atoms with Crippen molar-refractivity contribution in [1.82, 2.24) is 14.6 Å². The number of hydrogen-bond donors (Lipinski definition) is 0. The largest absolute Gasteiger partial charge is 0.377 e. The van der Waals surface area contributed by atoms with E-state index in [9.17, 15) is 0 Å². The van der Waals surface area contributed by atoms with Crippen LogP contribution in [0.4, 0.5) is 5.82 Å². The molecule has 6 heteroatoms. The van der Waals surface area contributed by atoms with Crippen molar-refractivity contribution in [3.05, 3.63) is 24.2 Å². The molecule has 98 valence electrons. The fraction of sp³-hybridized carbons (Fsp3) is 0.462. The molecule has 3 rings (SSSR count). The van der Waals surface area contributed by atoms with E-state index < -0.39 is 0 Å². The van der Waals surface area contributed by atoms with Crippen LogP contribution in [0, 0.1) is 11.3 Å². The first-order valence-electron chi connectivity index (χ1n) is 6.33. The van der Waals surface area contributed by atoms with E-state index in [0.717, 1.165) is 23.4 Å². The molecule has 6 nitrogen and oxygen atoms in total. The van der Waals surface area contributed by atoms with Crippen molar-refractivity contribution in [2.45, 2.75) is 19.4 Å². The van der Waals surface area contributed by atoms with Gasteiger partial charge < -0.3 is 9.64 Å². The van der Waals surface area contributed by atoms with Crippen LogP contribution in [0.2, 0.25) is 0 Å². The van der Waals surface area contributed by atoms with Gasteiger partial charge in [-0.15, -0.1) is 5.10 Å². The molecular formula is C13H15N5O. The van der Waals surface area contributed by atoms with Crippen LogP contribution in [0.5, 0.6) is 0 Å². The topological polar surface area (TPSA) is 66.5 Å². The second-order valence-corrected chi connectivity index (χ2v) is 4.70. The molecule has 0 bridgehead atoms. The van der Waals surface area contributed by atoms with Crippen LogP contribution < -0.4 is 4.90 Å². The number of hydrogen-bond acceptors (Lipinski definition) is 5. The first-order chi connectivity index (χ1) is 9.29. The molecule has 0 unspecified atom stereocenters. The van der Waals surface area contributed by atoms with Gasteiger partial charge in [-0.1, -0.05) is 0 Å². The average Bonchev–Trinajstić information content (AvgIpc) is 2.88. The lowest BCUT2D eigenvalue weighted by Crippen LogP contribution is -2.44. The summed E-state index contributed by atoms with van der Waals surface area (Å²) in [5.41, 5.74) is 1.86. The van der Waals surface area contributed by atoms with Crippen molar-refractivity contribution in [3.8, 4) is 6.07 Å². The van der Waals surface area contributed by atoms with Crippen LogP contribution >= 0.6 is 0 Å². The quantitative estimate of drug-likeness (QED) is 0.803. The molecule has 1 aliphatic heterocycles. The monoisotopic (exact) mass is 257 g/mol. The van der Waals surface area contributed by atoms with Gasteiger partial charge in [0.25, 0.3) is 0 Å². The van der Waals surface area contributed by atoms with E-state index in [-0.39, 0.29) is 6.04 Å². The van der Waals surface area contributed by atoms with Gasteiger partial charge in [0.2, 0.25) is 0 Å². The number of nitrogens with zero attached hydrogens (tertiary/aromatic N) is 5. The Labute approximate surface area is 111 Å². The third-order valence-electron chi connectivity index (χ3n) is 3.39. The minimum absolute atomic E-state index is 0.289. The maximum atomic E-state index is 8.94. The van der Waals surface area contributed by atoms with Crippen molar-refractivity contribution in [2.24, 2.45) is 0 Å². The molecule has 0 aromatic carbocycles. The SMILES string of the molecule is C[C@@H]1COCCN1c1cc(CC#N)c2cncn2n1. The average molecular weight is 257 g/mol. The van der Waals surface area contributed by atoms with E-state index in [1.807, 2.05) is 6.07 Å². The van der Waals surface area contributed by atoms with E-state index in [1.165, 1.54) is 0 Å². The lowest BCUT2D eigenvalue weighted by Gasteiger charge is -2.34. The summed E-state index contributed by atoms with van der Waals surface area (Å²) >= 11 is 0. The van der Waals surface area contributed by atoms with Gasteiger partial charge in [-0.05, 0) is 18.6 Å². The normalized spacial score (nSPS) is 19.6. The fourth-order valence-electron chi connectivity index (χ4n) is 2.40. The molecular weight excluding hydrogens is 242 g/mol. The molecule has 0 N–H and O–H groups in total. The molecule has 0 saturated carbocycles. The van der Waals surface area contributed by atoms with Crippen LogP contribution in [0.1, 0.15) is 12.5 Å². The smallest absolute Gasteiger partial charge is 0.150 e. The highest BCUT2D eigenvalue weighted by molar-refractivity contribution is 5.58. The number of ether oxygens (including phenoxy) is 1. The summed E-state index contributed by atoms with van der Waals surface area (Å²) in [6.07, 6.45) is 3.78. The summed E-state index contributed by atoms with van der Waals surface area (Å²) in [7, 11) is 0. The molecule has 1 saturated heterocycles. The summed E-state index contributed by atoms with van der Waals surface area (Å²) < 4.78 is 7.18. The maximum absolute atomic E-state index is 8.94. The minimum Gasteiger partial charge on any atom is -0.377 e. The number of imidazole rings is 1. The lowest BCUT2D eigenvalue weighted by atomic mass is 10.1.